The molecule has 1 saturated heterocycles. The lowest BCUT2D eigenvalue weighted by Crippen LogP contribution is -2.35. The van der Waals surface area contributed by atoms with E-state index in [0.29, 0.717) is 5.82 Å². The van der Waals surface area contributed by atoms with Crippen LogP contribution in [0.2, 0.25) is 0 Å². The van der Waals surface area contributed by atoms with E-state index in [1.807, 2.05) is 0 Å². The zero-order valence-corrected chi connectivity index (χ0v) is 8.89. The number of aromatic nitrogens is 2. The molecule has 0 unspecified atom stereocenters. The minimum atomic E-state index is -1.06. The summed E-state index contributed by atoms with van der Waals surface area (Å²) in [7, 11) is 0. The topological polar surface area (TPSA) is 78.3 Å². The van der Waals surface area contributed by atoms with Crippen molar-refractivity contribution in [3.05, 3.63) is 18.1 Å². The lowest BCUT2D eigenvalue weighted by atomic mass is 10.2. The quantitative estimate of drug-likeness (QED) is 0.794. The largest absolute Gasteiger partial charge is 0.476 e. The van der Waals surface area contributed by atoms with Gasteiger partial charge in [-0.05, 0) is 12.8 Å². The van der Waals surface area contributed by atoms with E-state index in [4.69, 9.17) is 5.11 Å². The maximum Gasteiger partial charge on any atom is 0.356 e. The van der Waals surface area contributed by atoms with Crippen molar-refractivity contribution in [1.82, 2.24) is 15.0 Å². The van der Waals surface area contributed by atoms with Gasteiger partial charge in [0.2, 0.25) is 0 Å². The van der Waals surface area contributed by atoms with Crippen LogP contribution in [-0.4, -0.2) is 39.1 Å². The summed E-state index contributed by atoms with van der Waals surface area (Å²) in [4.78, 5) is 18.4. The van der Waals surface area contributed by atoms with Crippen molar-refractivity contribution < 1.29 is 9.90 Å². The van der Waals surface area contributed by atoms with Crippen molar-refractivity contribution in [1.29, 1.82) is 0 Å². The molecule has 1 aliphatic heterocycles. The fourth-order valence-corrected chi connectivity index (χ4v) is 1.66. The van der Waals surface area contributed by atoms with Crippen molar-refractivity contribution in [2.45, 2.75) is 19.3 Å². The van der Waals surface area contributed by atoms with Crippen LogP contribution in [0.1, 0.15) is 29.8 Å². The second-order valence-electron chi connectivity index (χ2n) is 3.75. The van der Waals surface area contributed by atoms with Gasteiger partial charge in [-0.15, -0.1) is 0 Å². The average molecular weight is 222 g/mol. The molecule has 2 N–H and O–H groups in total. The van der Waals surface area contributed by atoms with E-state index in [0.717, 1.165) is 13.1 Å². The Morgan fingerprint density at radius 3 is 2.56 bits per heavy atom. The van der Waals surface area contributed by atoms with Crippen molar-refractivity contribution >= 4 is 11.8 Å². The second kappa shape index (κ2) is 4.89. The highest BCUT2D eigenvalue weighted by molar-refractivity contribution is 5.84. The van der Waals surface area contributed by atoms with Gasteiger partial charge in [0.25, 0.3) is 0 Å². The third-order valence-corrected chi connectivity index (χ3v) is 2.50. The maximum absolute atomic E-state index is 10.6. The number of hydrogen-bond donors (Lipinski definition) is 2. The fourth-order valence-electron chi connectivity index (χ4n) is 1.66. The Balaban J connectivity index is 1.96. The molecule has 2 rings (SSSR count). The molecule has 16 heavy (non-hydrogen) atoms. The van der Waals surface area contributed by atoms with Crippen molar-refractivity contribution in [3.8, 4) is 0 Å². The predicted octanol–water partition coefficient (Wildman–Crippen LogP) is 0.988. The summed E-state index contributed by atoms with van der Waals surface area (Å²) < 4.78 is 0. The molecule has 0 spiro atoms. The van der Waals surface area contributed by atoms with E-state index < -0.39 is 5.97 Å². The summed E-state index contributed by atoms with van der Waals surface area (Å²) in [6.45, 7) is 1.98. The Bertz CT molecular complexity index is 360. The van der Waals surface area contributed by atoms with Crippen LogP contribution in [0, 0.1) is 0 Å². The first kappa shape index (κ1) is 10.8. The van der Waals surface area contributed by atoms with Crippen LogP contribution in [0.25, 0.3) is 0 Å². The van der Waals surface area contributed by atoms with Crippen LogP contribution >= 0.6 is 0 Å². The molecule has 0 aromatic carbocycles. The minimum absolute atomic E-state index is 0.0378. The molecule has 0 radical (unpaired) electrons. The molecule has 6 nitrogen and oxygen atoms in total. The number of carboxylic acids is 1. The van der Waals surface area contributed by atoms with E-state index in [1.165, 1.54) is 31.7 Å². The fraction of sp³-hybridized carbons (Fsp3) is 0.500. The molecular formula is C10H14N4O2. The van der Waals surface area contributed by atoms with Gasteiger partial charge in [-0.3, -0.25) is 0 Å². The van der Waals surface area contributed by atoms with Crippen LogP contribution < -0.4 is 5.43 Å². The normalized spacial score (nSPS) is 17.0. The minimum Gasteiger partial charge on any atom is -0.476 e. The SMILES string of the molecule is O=C(O)c1cnc(NN2CCCCC2)cn1. The molecule has 1 aromatic heterocycles. The Kier molecular flexibility index (Phi) is 3.31. The Morgan fingerprint density at radius 2 is 2.00 bits per heavy atom. The van der Waals surface area contributed by atoms with Gasteiger partial charge in [0.1, 0.15) is 0 Å². The van der Waals surface area contributed by atoms with E-state index in [9.17, 15) is 4.79 Å². The molecule has 0 amide bonds. The monoisotopic (exact) mass is 222 g/mol. The number of carbonyl (C=O) groups is 1. The van der Waals surface area contributed by atoms with Crippen LogP contribution in [0.3, 0.4) is 0 Å². The van der Waals surface area contributed by atoms with Crippen LogP contribution in [0.4, 0.5) is 5.82 Å². The summed E-state index contributed by atoms with van der Waals surface area (Å²) in [5.41, 5.74) is 3.08. The summed E-state index contributed by atoms with van der Waals surface area (Å²) >= 11 is 0. The third-order valence-electron chi connectivity index (χ3n) is 2.50. The van der Waals surface area contributed by atoms with Crippen LogP contribution in [-0.2, 0) is 0 Å². The first-order valence-corrected chi connectivity index (χ1v) is 5.32. The molecule has 1 aliphatic rings. The Hall–Kier alpha value is -1.69. The average Bonchev–Trinajstić information content (AvgIpc) is 2.31. The molecule has 1 fully saturated rings. The standard InChI is InChI=1S/C10H14N4O2/c15-10(16)8-6-12-9(7-11-8)13-14-4-2-1-3-5-14/h6-7H,1-5H2,(H,12,13)(H,15,16). The van der Waals surface area contributed by atoms with Gasteiger partial charge in [-0.1, -0.05) is 6.42 Å². The number of hydrazine groups is 1. The molecule has 0 saturated carbocycles. The molecule has 0 atom stereocenters. The molecular weight excluding hydrogens is 208 g/mol. The number of piperidine rings is 1. The molecule has 0 bridgehead atoms. The second-order valence-corrected chi connectivity index (χ2v) is 3.75. The molecule has 86 valence electrons. The number of hydrogen-bond acceptors (Lipinski definition) is 5. The van der Waals surface area contributed by atoms with Gasteiger partial charge in [0, 0.05) is 13.1 Å². The predicted molar refractivity (Wildman–Crippen MR) is 58.0 cm³/mol. The lowest BCUT2D eigenvalue weighted by Gasteiger charge is -2.27. The highest BCUT2D eigenvalue weighted by Gasteiger charge is 2.11. The van der Waals surface area contributed by atoms with E-state index in [1.54, 1.807) is 0 Å². The van der Waals surface area contributed by atoms with E-state index in [2.05, 4.69) is 20.4 Å². The zero-order valence-electron chi connectivity index (χ0n) is 8.89. The van der Waals surface area contributed by atoms with Gasteiger partial charge in [0.15, 0.2) is 11.5 Å². The first-order chi connectivity index (χ1) is 7.75. The van der Waals surface area contributed by atoms with Gasteiger partial charge in [0.05, 0.1) is 12.4 Å². The van der Waals surface area contributed by atoms with Gasteiger partial charge in [-0.25, -0.2) is 19.8 Å². The van der Waals surface area contributed by atoms with Gasteiger partial charge >= 0.3 is 5.97 Å². The maximum atomic E-state index is 10.6. The number of nitrogens with zero attached hydrogens (tertiary/aromatic N) is 3. The van der Waals surface area contributed by atoms with Crippen LogP contribution in [0.15, 0.2) is 12.4 Å². The van der Waals surface area contributed by atoms with Crippen molar-refractivity contribution in [2.24, 2.45) is 0 Å². The number of rotatable bonds is 3. The molecule has 0 aliphatic carbocycles. The number of carboxylic acid groups (broad SMARTS) is 1. The van der Waals surface area contributed by atoms with Crippen molar-refractivity contribution in [3.63, 3.8) is 0 Å². The molecule has 6 heteroatoms. The first-order valence-electron chi connectivity index (χ1n) is 5.32. The molecule has 1 aromatic rings. The summed E-state index contributed by atoms with van der Waals surface area (Å²) in [5.74, 6) is -0.469. The highest BCUT2D eigenvalue weighted by atomic mass is 16.4. The van der Waals surface area contributed by atoms with E-state index in [-0.39, 0.29) is 5.69 Å². The van der Waals surface area contributed by atoms with Crippen LogP contribution in [0.5, 0.6) is 0 Å². The zero-order chi connectivity index (χ0) is 11.4. The number of aromatic carboxylic acids is 1. The Labute approximate surface area is 93.3 Å². The summed E-state index contributed by atoms with van der Waals surface area (Å²) in [6, 6.07) is 0. The lowest BCUT2D eigenvalue weighted by molar-refractivity contribution is 0.0690. The van der Waals surface area contributed by atoms with Gasteiger partial charge in [-0.2, -0.15) is 0 Å². The summed E-state index contributed by atoms with van der Waals surface area (Å²) in [6.07, 6.45) is 6.32. The number of anilines is 1. The van der Waals surface area contributed by atoms with Gasteiger partial charge < -0.3 is 10.5 Å². The summed E-state index contributed by atoms with van der Waals surface area (Å²) in [5, 5.41) is 10.7. The number of nitrogens with one attached hydrogen (secondary N) is 1. The smallest absolute Gasteiger partial charge is 0.356 e. The van der Waals surface area contributed by atoms with E-state index >= 15 is 0 Å². The highest BCUT2D eigenvalue weighted by Crippen LogP contribution is 2.10. The Morgan fingerprint density at radius 1 is 1.25 bits per heavy atom. The third kappa shape index (κ3) is 2.66. The molecule has 2 heterocycles. The van der Waals surface area contributed by atoms with Crippen molar-refractivity contribution in [2.75, 3.05) is 18.5 Å².